The number of rotatable bonds is 6. The molecule has 2 aromatic heterocycles. The number of anilines is 1. The minimum Gasteiger partial charge on any atom is -0.325 e. The summed E-state index contributed by atoms with van der Waals surface area (Å²) in [7, 11) is 0. The van der Waals surface area contributed by atoms with Gasteiger partial charge in [0.05, 0.1) is 16.3 Å². The molecule has 0 aliphatic carbocycles. The zero-order valence-corrected chi connectivity index (χ0v) is 17.8. The Balaban J connectivity index is 1.62. The van der Waals surface area contributed by atoms with Gasteiger partial charge in [-0.15, -0.1) is 21.5 Å². The summed E-state index contributed by atoms with van der Waals surface area (Å²) >= 11 is 3.00. The van der Waals surface area contributed by atoms with Gasteiger partial charge in [-0.1, -0.05) is 53.7 Å². The Kier molecular flexibility index (Phi) is 5.78. The van der Waals surface area contributed by atoms with E-state index in [0.29, 0.717) is 5.16 Å². The van der Waals surface area contributed by atoms with Gasteiger partial charge in [-0.25, -0.2) is 0 Å². The van der Waals surface area contributed by atoms with Crippen LogP contribution in [0.25, 0.3) is 16.4 Å². The van der Waals surface area contributed by atoms with Crippen molar-refractivity contribution in [1.82, 2.24) is 14.8 Å². The van der Waals surface area contributed by atoms with Crippen LogP contribution in [0.1, 0.15) is 11.1 Å². The van der Waals surface area contributed by atoms with Gasteiger partial charge >= 0.3 is 0 Å². The second-order valence-electron chi connectivity index (χ2n) is 6.61. The largest absolute Gasteiger partial charge is 0.325 e. The van der Waals surface area contributed by atoms with Crippen LogP contribution in [-0.2, 0) is 4.79 Å². The topological polar surface area (TPSA) is 59.8 Å². The molecule has 0 aliphatic rings. The Morgan fingerprint density at radius 3 is 2.62 bits per heavy atom. The Hall–Kier alpha value is -2.90. The molecule has 0 unspecified atom stereocenters. The quantitative estimate of drug-likeness (QED) is 0.428. The van der Waals surface area contributed by atoms with Crippen LogP contribution in [0.3, 0.4) is 0 Å². The van der Waals surface area contributed by atoms with Crippen molar-refractivity contribution in [3.63, 3.8) is 0 Å². The van der Waals surface area contributed by atoms with Crippen molar-refractivity contribution in [3.8, 4) is 16.4 Å². The molecule has 0 radical (unpaired) electrons. The lowest BCUT2D eigenvalue weighted by molar-refractivity contribution is -0.113. The van der Waals surface area contributed by atoms with Crippen molar-refractivity contribution in [3.05, 3.63) is 77.2 Å². The number of amides is 1. The smallest absolute Gasteiger partial charge is 0.234 e. The van der Waals surface area contributed by atoms with Crippen LogP contribution >= 0.6 is 23.1 Å². The number of hydrogen-bond donors (Lipinski definition) is 1. The summed E-state index contributed by atoms with van der Waals surface area (Å²) in [5.74, 6) is 0.967. The molecule has 29 heavy (non-hydrogen) atoms. The monoisotopic (exact) mass is 420 g/mol. The fraction of sp³-hybridized carbons (Fsp3) is 0.136. The summed E-state index contributed by atoms with van der Waals surface area (Å²) in [5.41, 5.74) is 4.15. The van der Waals surface area contributed by atoms with E-state index in [1.165, 1.54) is 17.3 Å². The molecule has 0 bridgehead atoms. The van der Waals surface area contributed by atoms with Crippen LogP contribution in [0.2, 0.25) is 0 Å². The van der Waals surface area contributed by atoms with E-state index in [0.717, 1.165) is 27.6 Å². The molecule has 0 saturated carbocycles. The van der Waals surface area contributed by atoms with Crippen LogP contribution in [0.15, 0.2) is 71.2 Å². The van der Waals surface area contributed by atoms with Gasteiger partial charge in [-0.3, -0.25) is 9.36 Å². The first kappa shape index (κ1) is 19.4. The average molecular weight is 421 g/mol. The highest BCUT2D eigenvalue weighted by Crippen LogP contribution is 2.31. The Bertz CT molecular complexity index is 1120. The molecule has 1 amide bonds. The number of hydrogen-bond acceptors (Lipinski definition) is 5. The van der Waals surface area contributed by atoms with Crippen LogP contribution in [0.4, 0.5) is 5.69 Å². The third kappa shape index (κ3) is 4.41. The highest BCUT2D eigenvalue weighted by Gasteiger charge is 2.19. The van der Waals surface area contributed by atoms with Crippen LogP contribution in [-0.4, -0.2) is 26.4 Å². The predicted molar refractivity (Wildman–Crippen MR) is 120 cm³/mol. The fourth-order valence-electron chi connectivity index (χ4n) is 3.05. The zero-order chi connectivity index (χ0) is 20.2. The van der Waals surface area contributed by atoms with Crippen molar-refractivity contribution in [2.45, 2.75) is 19.0 Å². The van der Waals surface area contributed by atoms with Crippen molar-refractivity contribution < 1.29 is 4.79 Å². The molecule has 1 N–H and O–H groups in total. The van der Waals surface area contributed by atoms with Gasteiger partial charge < -0.3 is 5.32 Å². The van der Waals surface area contributed by atoms with E-state index in [4.69, 9.17) is 0 Å². The SMILES string of the molecule is Cc1ccc(-n2c(SCC(=O)Nc3ccccc3)nnc2-c2cccs2)c(C)c1. The maximum atomic E-state index is 12.4. The number of aryl methyl sites for hydroxylation is 2. The van der Waals surface area contributed by atoms with E-state index in [2.05, 4.69) is 47.6 Å². The molecule has 4 aromatic rings. The predicted octanol–water partition coefficient (Wildman–Crippen LogP) is 5.34. The van der Waals surface area contributed by atoms with Gasteiger partial charge in [0.25, 0.3) is 0 Å². The van der Waals surface area contributed by atoms with Crippen molar-refractivity contribution >= 4 is 34.7 Å². The van der Waals surface area contributed by atoms with Gasteiger partial charge in [0.15, 0.2) is 11.0 Å². The van der Waals surface area contributed by atoms with E-state index in [-0.39, 0.29) is 11.7 Å². The van der Waals surface area contributed by atoms with Crippen LogP contribution < -0.4 is 5.32 Å². The molecule has 4 rings (SSSR count). The van der Waals surface area contributed by atoms with Crippen LogP contribution in [0, 0.1) is 13.8 Å². The summed E-state index contributed by atoms with van der Waals surface area (Å²) in [6.45, 7) is 4.16. The van der Waals surface area contributed by atoms with E-state index < -0.39 is 0 Å². The second-order valence-corrected chi connectivity index (χ2v) is 8.50. The van der Waals surface area contributed by atoms with E-state index in [9.17, 15) is 4.79 Å². The number of nitrogens with one attached hydrogen (secondary N) is 1. The number of carbonyl (C=O) groups excluding carboxylic acids is 1. The first-order valence-electron chi connectivity index (χ1n) is 9.16. The molecule has 0 spiro atoms. The molecule has 7 heteroatoms. The lowest BCUT2D eigenvalue weighted by Gasteiger charge is -2.13. The Morgan fingerprint density at radius 2 is 1.90 bits per heavy atom. The molecule has 2 aromatic carbocycles. The molecule has 0 saturated heterocycles. The minimum absolute atomic E-state index is 0.0750. The van der Waals surface area contributed by atoms with E-state index in [1.807, 2.05) is 52.4 Å². The molecule has 5 nitrogen and oxygen atoms in total. The van der Waals surface area contributed by atoms with Gasteiger partial charge in [0, 0.05) is 5.69 Å². The highest BCUT2D eigenvalue weighted by molar-refractivity contribution is 7.99. The maximum absolute atomic E-state index is 12.4. The average Bonchev–Trinajstić information content (AvgIpc) is 3.37. The minimum atomic E-state index is -0.0750. The number of aromatic nitrogens is 3. The molecule has 0 aliphatic heterocycles. The molecule has 0 atom stereocenters. The third-order valence-corrected chi connectivity index (χ3v) is 6.15. The summed E-state index contributed by atoms with van der Waals surface area (Å²) in [6, 6.07) is 19.8. The van der Waals surface area contributed by atoms with Gasteiger partial charge in [-0.05, 0) is 49.1 Å². The number of nitrogens with zero attached hydrogens (tertiary/aromatic N) is 3. The first-order chi connectivity index (χ1) is 14.1. The summed E-state index contributed by atoms with van der Waals surface area (Å²) in [4.78, 5) is 13.4. The number of thioether (sulfide) groups is 1. The summed E-state index contributed by atoms with van der Waals surface area (Å²) in [6.07, 6.45) is 0. The summed E-state index contributed by atoms with van der Waals surface area (Å²) < 4.78 is 2.04. The van der Waals surface area contributed by atoms with Gasteiger partial charge in [0.1, 0.15) is 0 Å². The maximum Gasteiger partial charge on any atom is 0.234 e. The Labute approximate surface area is 177 Å². The highest BCUT2D eigenvalue weighted by atomic mass is 32.2. The van der Waals surface area contributed by atoms with Crippen molar-refractivity contribution in [2.75, 3.05) is 11.1 Å². The van der Waals surface area contributed by atoms with Crippen molar-refractivity contribution in [2.24, 2.45) is 0 Å². The number of benzene rings is 2. The normalized spacial score (nSPS) is 10.8. The van der Waals surface area contributed by atoms with E-state index in [1.54, 1.807) is 11.3 Å². The Morgan fingerprint density at radius 1 is 1.07 bits per heavy atom. The van der Waals surface area contributed by atoms with Crippen molar-refractivity contribution in [1.29, 1.82) is 0 Å². The number of carbonyl (C=O) groups is 1. The lowest BCUT2D eigenvalue weighted by atomic mass is 10.1. The number of para-hydroxylation sites is 1. The van der Waals surface area contributed by atoms with Crippen LogP contribution in [0.5, 0.6) is 0 Å². The van der Waals surface area contributed by atoms with Gasteiger partial charge in [-0.2, -0.15) is 0 Å². The lowest BCUT2D eigenvalue weighted by Crippen LogP contribution is -2.14. The molecule has 146 valence electrons. The summed E-state index contributed by atoms with van der Waals surface area (Å²) in [5, 5.41) is 14.5. The van der Waals surface area contributed by atoms with Gasteiger partial charge in [0.2, 0.25) is 5.91 Å². The van der Waals surface area contributed by atoms with E-state index >= 15 is 0 Å². The molecule has 0 fully saturated rings. The standard InChI is InChI=1S/C22H20N4OS2/c1-15-10-11-18(16(2)13-15)26-21(19-9-6-12-28-19)24-25-22(26)29-14-20(27)23-17-7-4-3-5-8-17/h3-13H,14H2,1-2H3,(H,23,27). The second kappa shape index (κ2) is 8.63. The first-order valence-corrected chi connectivity index (χ1v) is 11.0. The molecule has 2 heterocycles. The zero-order valence-electron chi connectivity index (χ0n) is 16.1. The molecular formula is C22H20N4OS2. The number of thiophene rings is 1. The fourth-order valence-corrected chi connectivity index (χ4v) is 4.49. The third-order valence-electron chi connectivity index (χ3n) is 4.36. The molecular weight excluding hydrogens is 400 g/mol.